The summed E-state index contributed by atoms with van der Waals surface area (Å²) in [6, 6.07) is 56.7. The molecule has 0 spiro atoms. The van der Waals surface area contributed by atoms with Gasteiger partial charge in [-0.1, -0.05) is 84.9 Å². The van der Waals surface area contributed by atoms with Crippen LogP contribution in [0.25, 0.3) is 55.2 Å². The molecule has 7 aromatic carbocycles. The van der Waals surface area contributed by atoms with E-state index in [2.05, 4.69) is 192 Å². The lowest BCUT2D eigenvalue weighted by atomic mass is 10.1. The van der Waals surface area contributed by atoms with Gasteiger partial charge in [0.25, 0.3) is 0 Å². The summed E-state index contributed by atoms with van der Waals surface area (Å²) in [5.74, 6) is 1.73. The molecule has 0 radical (unpaired) electrons. The van der Waals surface area contributed by atoms with Crippen LogP contribution in [0.5, 0.6) is 11.5 Å². The molecule has 0 unspecified atom stereocenters. The fraction of sp³-hybridized carbons (Fsp3) is 0.0435. The average Bonchev–Trinajstić information content (AvgIpc) is 3.74. The first-order valence-corrected chi connectivity index (χ1v) is 17.1. The molecule has 0 N–H and O–H groups in total. The summed E-state index contributed by atoms with van der Waals surface area (Å²) in [4.78, 5) is 2.33. The summed E-state index contributed by atoms with van der Waals surface area (Å²) in [5, 5.41) is 3.69. The summed E-state index contributed by atoms with van der Waals surface area (Å²) in [5.41, 5.74) is 13.7. The van der Waals surface area contributed by atoms with E-state index >= 15 is 0 Å². The number of anilines is 3. The fourth-order valence-electron chi connectivity index (χ4n) is 7.69. The first-order chi connectivity index (χ1) is 24.6. The number of fused-ring (bicyclic) bond motifs is 7. The first-order valence-electron chi connectivity index (χ1n) is 17.1. The molecular formula is C46H33N3O. The maximum atomic E-state index is 6.48. The van der Waals surface area contributed by atoms with Gasteiger partial charge in [0.2, 0.25) is 0 Å². The summed E-state index contributed by atoms with van der Waals surface area (Å²) in [7, 11) is 0. The predicted molar refractivity (Wildman–Crippen MR) is 207 cm³/mol. The molecule has 10 rings (SSSR count). The van der Waals surface area contributed by atoms with E-state index in [1.54, 1.807) is 0 Å². The van der Waals surface area contributed by atoms with E-state index < -0.39 is 0 Å². The Labute approximate surface area is 290 Å². The SMILES string of the molecule is Cc1ccc2c(c1)Oc1cc(C)ccc1N2c1cccc(-n2c3ccccc3c3ccc4c(ccn4-c4ccc(-c5ccccc5)cc4)c32)c1. The Kier molecular flexibility index (Phi) is 6.27. The third kappa shape index (κ3) is 4.39. The van der Waals surface area contributed by atoms with Crippen LogP contribution in [0, 0.1) is 13.8 Å². The standard InChI is InChI=1S/C46H33N3O/c1-30-15-22-42-44(27-30)50-45-28-31(2)16-23-43(45)48(42)35-11-8-12-36(29-35)49-41-14-7-6-13-37(41)38-21-24-40-39(46(38)49)25-26-47(40)34-19-17-33(18-20-34)32-9-4-3-5-10-32/h3-29H,1-2H3. The molecule has 2 aromatic heterocycles. The number of aromatic nitrogens is 2. The van der Waals surface area contributed by atoms with Crippen molar-refractivity contribution < 1.29 is 4.74 Å². The van der Waals surface area contributed by atoms with Crippen molar-refractivity contribution in [2.45, 2.75) is 13.8 Å². The van der Waals surface area contributed by atoms with Crippen LogP contribution in [-0.2, 0) is 0 Å². The zero-order valence-corrected chi connectivity index (χ0v) is 27.8. The van der Waals surface area contributed by atoms with Gasteiger partial charge in [0, 0.05) is 39.4 Å². The van der Waals surface area contributed by atoms with Crippen LogP contribution in [0.2, 0.25) is 0 Å². The predicted octanol–water partition coefficient (Wildman–Crippen LogP) is 12.6. The molecule has 4 heteroatoms. The summed E-state index contributed by atoms with van der Waals surface area (Å²) >= 11 is 0. The maximum Gasteiger partial charge on any atom is 0.151 e. The zero-order chi connectivity index (χ0) is 33.3. The third-order valence-corrected chi connectivity index (χ3v) is 10.0. The van der Waals surface area contributed by atoms with Gasteiger partial charge in [0.05, 0.1) is 27.9 Å². The highest BCUT2D eigenvalue weighted by atomic mass is 16.5. The number of ether oxygens (including phenoxy) is 1. The summed E-state index contributed by atoms with van der Waals surface area (Å²) in [6.07, 6.45) is 2.20. The Hall–Kier alpha value is -6.52. The number of benzene rings is 7. The second kappa shape index (κ2) is 11.0. The van der Waals surface area contributed by atoms with Gasteiger partial charge in [0.1, 0.15) is 0 Å². The minimum absolute atomic E-state index is 0.866. The van der Waals surface area contributed by atoms with E-state index in [1.807, 2.05) is 0 Å². The summed E-state index contributed by atoms with van der Waals surface area (Å²) < 4.78 is 11.2. The molecule has 0 aliphatic carbocycles. The number of aryl methyl sites for hydroxylation is 2. The molecule has 9 aromatic rings. The van der Waals surface area contributed by atoms with Gasteiger partial charge in [-0.3, -0.25) is 0 Å². The smallest absolute Gasteiger partial charge is 0.151 e. The molecule has 4 nitrogen and oxygen atoms in total. The molecule has 1 aliphatic rings. The van der Waals surface area contributed by atoms with Crippen molar-refractivity contribution in [3.8, 4) is 34.0 Å². The minimum atomic E-state index is 0.866. The van der Waals surface area contributed by atoms with Crippen LogP contribution in [0.1, 0.15) is 11.1 Å². The molecule has 0 fully saturated rings. The van der Waals surface area contributed by atoms with Gasteiger partial charge < -0.3 is 18.8 Å². The van der Waals surface area contributed by atoms with Crippen molar-refractivity contribution in [2.24, 2.45) is 0 Å². The average molecular weight is 644 g/mol. The van der Waals surface area contributed by atoms with Crippen LogP contribution in [0.4, 0.5) is 17.1 Å². The van der Waals surface area contributed by atoms with E-state index in [9.17, 15) is 0 Å². The molecule has 0 saturated heterocycles. The largest absolute Gasteiger partial charge is 0.453 e. The van der Waals surface area contributed by atoms with Crippen LogP contribution >= 0.6 is 0 Å². The molecule has 238 valence electrons. The minimum Gasteiger partial charge on any atom is -0.453 e. The lowest BCUT2D eigenvalue weighted by Gasteiger charge is -2.33. The molecule has 0 saturated carbocycles. The Morgan fingerprint density at radius 1 is 0.440 bits per heavy atom. The van der Waals surface area contributed by atoms with Crippen molar-refractivity contribution in [2.75, 3.05) is 4.90 Å². The zero-order valence-electron chi connectivity index (χ0n) is 27.8. The van der Waals surface area contributed by atoms with E-state index in [0.29, 0.717) is 0 Å². The van der Waals surface area contributed by atoms with E-state index in [4.69, 9.17) is 4.74 Å². The highest BCUT2D eigenvalue weighted by Crippen LogP contribution is 2.51. The second-order valence-corrected chi connectivity index (χ2v) is 13.2. The van der Waals surface area contributed by atoms with E-state index in [0.717, 1.165) is 39.9 Å². The number of nitrogens with zero attached hydrogens (tertiary/aromatic N) is 3. The molecule has 0 bridgehead atoms. The molecule has 3 heterocycles. The number of para-hydroxylation sites is 1. The monoisotopic (exact) mass is 643 g/mol. The topological polar surface area (TPSA) is 22.3 Å². The van der Waals surface area contributed by atoms with Gasteiger partial charge in [0.15, 0.2) is 11.5 Å². The van der Waals surface area contributed by atoms with Crippen LogP contribution in [0.15, 0.2) is 164 Å². The quantitative estimate of drug-likeness (QED) is 0.190. The maximum absolute atomic E-state index is 6.48. The van der Waals surface area contributed by atoms with Crippen molar-refractivity contribution in [3.63, 3.8) is 0 Å². The molecule has 50 heavy (non-hydrogen) atoms. The van der Waals surface area contributed by atoms with Crippen molar-refractivity contribution in [3.05, 3.63) is 175 Å². The van der Waals surface area contributed by atoms with Crippen molar-refractivity contribution >= 4 is 49.8 Å². The Morgan fingerprint density at radius 3 is 1.88 bits per heavy atom. The lowest BCUT2D eigenvalue weighted by molar-refractivity contribution is 0.476. The Balaban J connectivity index is 1.16. The third-order valence-electron chi connectivity index (χ3n) is 10.0. The van der Waals surface area contributed by atoms with Crippen LogP contribution in [0.3, 0.4) is 0 Å². The van der Waals surface area contributed by atoms with Crippen LogP contribution in [-0.4, -0.2) is 9.13 Å². The highest BCUT2D eigenvalue weighted by Gasteiger charge is 2.27. The highest BCUT2D eigenvalue weighted by molar-refractivity contribution is 6.18. The van der Waals surface area contributed by atoms with Gasteiger partial charge in [-0.05, 0) is 109 Å². The lowest BCUT2D eigenvalue weighted by Crippen LogP contribution is -2.16. The number of hydrogen-bond donors (Lipinski definition) is 0. The van der Waals surface area contributed by atoms with E-state index in [-0.39, 0.29) is 0 Å². The van der Waals surface area contributed by atoms with Crippen molar-refractivity contribution in [1.82, 2.24) is 9.13 Å². The summed E-state index contributed by atoms with van der Waals surface area (Å²) in [6.45, 7) is 4.22. The van der Waals surface area contributed by atoms with Crippen LogP contribution < -0.4 is 9.64 Å². The number of hydrogen-bond acceptors (Lipinski definition) is 2. The molecule has 1 aliphatic heterocycles. The molecule has 0 amide bonds. The molecule has 0 atom stereocenters. The Morgan fingerprint density at radius 2 is 1.12 bits per heavy atom. The molecular weight excluding hydrogens is 611 g/mol. The fourth-order valence-corrected chi connectivity index (χ4v) is 7.69. The normalized spacial score (nSPS) is 12.3. The number of rotatable bonds is 4. The van der Waals surface area contributed by atoms with Gasteiger partial charge in [-0.25, -0.2) is 0 Å². The van der Waals surface area contributed by atoms with E-state index in [1.165, 1.54) is 55.0 Å². The first kappa shape index (κ1) is 28.5. The van der Waals surface area contributed by atoms with Gasteiger partial charge in [-0.15, -0.1) is 0 Å². The second-order valence-electron chi connectivity index (χ2n) is 13.2. The van der Waals surface area contributed by atoms with Crippen molar-refractivity contribution in [1.29, 1.82) is 0 Å². The Bertz CT molecular complexity index is 2700. The van der Waals surface area contributed by atoms with Gasteiger partial charge >= 0.3 is 0 Å². The van der Waals surface area contributed by atoms with Gasteiger partial charge in [-0.2, -0.15) is 0 Å².